The number of piperidine rings is 1. The number of hydrogen-bond donors (Lipinski definition) is 1. The summed E-state index contributed by atoms with van der Waals surface area (Å²) >= 11 is 0. The molecule has 0 unspecified atom stereocenters. The topological polar surface area (TPSA) is 81.6 Å². The molecule has 0 aliphatic carbocycles. The first-order valence-electron chi connectivity index (χ1n) is 11.4. The van der Waals surface area contributed by atoms with Crippen molar-refractivity contribution in [3.05, 3.63) is 59.7 Å². The Morgan fingerprint density at radius 3 is 2.67 bits per heavy atom. The second-order valence-electron chi connectivity index (χ2n) is 8.50. The number of fused-ring (bicyclic) bond motifs is 1. The maximum absolute atomic E-state index is 5.79. The number of hydrogen-bond acceptors (Lipinski definition) is 8. The molecule has 1 atom stereocenters. The number of pyridine rings is 1. The van der Waals surface area contributed by atoms with E-state index in [1.165, 1.54) is 0 Å². The first-order chi connectivity index (χ1) is 16.2. The Morgan fingerprint density at radius 2 is 1.88 bits per heavy atom. The Bertz CT molecular complexity index is 1110. The van der Waals surface area contributed by atoms with Gasteiger partial charge in [0.15, 0.2) is 11.5 Å². The van der Waals surface area contributed by atoms with Gasteiger partial charge in [-0.25, -0.2) is 9.97 Å². The van der Waals surface area contributed by atoms with Crippen LogP contribution in [0.2, 0.25) is 0 Å². The molecule has 0 spiro atoms. The van der Waals surface area contributed by atoms with Crippen LogP contribution in [0.25, 0.3) is 0 Å². The second-order valence-corrected chi connectivity index (χ2v) is 8.50. The fourth-order valence-electron chi connectivity index (χ4n) is 4.58. The minimum absolute atomic E-state index is 0.360. The molecule has 172 valence electrons. The number of aryl methyl sites for hydroxylation is 1. The molecular weight excluding hydrogens is 418 g/mol. The molecule has 1 fully saturated rings. The van der Waals surface area contributed by atoms with Gasteiger partial charge in [0.1, 0.15) is 19.0 Å². The standard InChI is InChI=1S/C25H29N5O3/c1-17-11-20(29-25-26-6-4-7-27-25)13-21(28-17)18-5-3-8-30(15-18)16-19-12-23-24(14-22(19)31-2)33-10-9-32-23/h4,6-7,11-14,18H,3,5,8-10,15-16H2,1-2H3,(H,26,27,28,29)/t18-/m1/s1. The molecule has 0 radical (unpaired) electrons. The van der Waals surface area contributed by atoms with Gasteiger partial charge in [0, 0.05) is 60.1 Å². The summed E-state index contributed by atoms with van der Waals surface area (Å²) in [6.07, 6.45) is 5.70. The van der Waals surface area contributed by atoms with Crippen molar-refractivity contribution in [1.29, 1.82) is 0 Å². The van der Waals surface area contributed by atoms with Crippen LogP contribution in [-0.4, -0.2) is 53.3 Å². The number of aromatic nitrogens is 3. The Morgan fingerprint density at radius 1 is 1.09 bits per heavy atom. The minimum atomic E-state index is 0.360. The van der Waals surface area contributed by atoms with Crippen LogP contribution in [-0.2, 0) is 6.54 Å². The van der Waals surface area contributed by atoms with Crippen molar-refractivity contribution in [2.75, 3.05) is 38.7 Å². The summed E-state index contributed by atoms with van der Waals surface area (Å²) in [5, 5.41) is 3.30. The van der Waals surface area contributed by atoms with Gasteiger partial charge in [-0.2, -0.15) is 0 Å². The minimum Gasteiger partial charge on any atom is -0.496 e. The van der Waals surface area contributed by atoms with Crippen LogP contribution in [0.4, 0.5) is 11.6 Å². The Hall–Kier alpha value is -3.39. The number of benzene rings is 1. The third-order valence-electron chi connectivity index (χ3n) is 6.06. The van der Waals surface area contributed by atoms with Crippen molar-refractivity contribution >= 4 is 11.6 Å². The first-order valence-corrected chi connectivity index (χ1v) is 11.4. The van der Waals surface area contributed by atoms with E-state index in [4.69, 9.17) is 19.2 Å². The molecule has 4 heterocycles. The maximum Gasteiger partial charge on any atom is 0.227 e. The summed E-state index contributed by atoms with van der Waals surface area (Å²) < 4.78 is 17.2. The normalized spacial score (nSPS) is 18.1. The van der Waals surface area contributed by atoms with Gasteiger partial charge in [-0.1, -0.05) is 0 Å². The van der Waals surface area contributed by atoms with Gasteiger partial charge in [0.25, 0.3) is 0 Å². The largest absolute Gasteiger partial charge is 0.496 e. The van der Waals surface area contributed by atoms with Crippen molar-refractivity contribution in [3.8, 4) is 17.2 Å². The van der Waals surface area contributed by atoms with Crippen molar-refractivity contribution < 1.29 is 14.2 Å². The Kier molecular flexibility index (Phi) is 6.26. The predicted molar refractivity (Wildman–Crippen MR) is 126 cm³/mol. The quantitative estimate of drug-likeness (QED) is 0.605. The molecule has 0 amide bonds. The van der Waals surface area contributed by atoms with E-state index < -0.39 is 0 Å². The fraction of sp³-hybridized carbons (Fsp3) is 0.400. The zero-order valence-electron chi connectivity index (χ0n) is 19.1. The molecule has 1 N–H and O–H groups in total. The summed E-state index contributed by atoms with van der Waals surface area (Å²) in [5.74, 6) is 3.34. The van der Waals surface area contributed by atoms with E-state index in [9.17, 15) is 0 Å². The van der Waals surface area contributed by atoms with Gasteiger partial charge >= 0.3 is 0 Å². The summed E-state index contributed by atoms with van der Waals surface area (Å²) in [7, 11) is 1.70. The lowest BCUT2D eigenvalue weighted by atomic mass is 9.93. The van der Waals surface area contributed by atoms with Gasteiger partial charge in [0.2, 0.25) is 5.95 Å². The molecule has 8 nitrogen and oxygen atoms in total. The highest BCUT2D eigenvalue weighted by Crippen LogP contribution is 2.38. The number of likely N-dealkylation sites (tertiary alicyclic amines) is 1. The fourth-order valence-corrected chi connectivity index (χ4v) is 4.58. The van der Waals surface area contributed by atoms with Crippen molar-refractivity contribution in [2.24, 2.45) is 0 Å². The number of nitrogens with zero attached hydrogens (tertiary/aromatic N) is 4. The van der Waals surface area contributed by atoms with Gasteiger partial charge in [-0.3, -0.25) is 9.88 Å². The summed E-state index contributed by atoms with van der Waals surface area (Å²) in [4.78, 5) is 15.9. The maximum atomic E-state index is 5.79. The summed E-state index contributed by atoms with van der Waals surface area (Å²) in [5.41, 5.74) is 4.17. The van der Waals surface area contributed by atoms with Crippen LogP contribution >= 0.6 is 0 Å². The molecule has 1 aromatic carbocycles. The van der Waals surface area contributed by atoms with Crippen LogP contribution in [0.15, 0.2) is 42.7 Å². The highest BCUT2D eigenvalue weighted by molar-refractivity contribution is 5.54. The Balaban J connectivity index is 1.32. The third kappa shape index (κ3) is 5.01. The lowest BCUT2D eigenvalue weighted by Crippen LogP contribution is -2.34. The second kappa shape index (κ2) is 9.62. The molecule has 5 rings (SSSR count). The smallest absolute Gasteiger partial charge is 0.227 e. The molecule has 0 bridgehead atoms. The van der Waals surface area contributed by atoms with Crippen LogP contribution in [0.3, 0.4) is 0 Å². The highest BCUT2D eigenvalue weighted by atomic mass is 16.6. The number of nitrogens with one attached hydrogen (secondary N) is 1. The molecule has 1 saturated heterocycles. The lowest BCUT2D eigenvalue weighted by Gasteiger charge is -2.33. The number of methoxy groups -OCH3 is 1. The van der Waals surface area contributed by atoms with E-state index >= 15 is 0 Å². The molecular formula is C25H29N5O3. The SMILES string of the molecule is COc1cc2c(cc1CN1CCC[C@@H](c3cc(Nc4ncccn4)cc(C)n3)C1)OCCO2. The van der Waals surface area contributed by atoms with Crippen LogP contribution in [0, 0.1) is 6.92 Å². The molecule has 0 saturated carbocycles. The molecule has 33 heavy (non-hydrogen) atoms. The Labute approximate surface area is 193 Å². The average molecular weight is 448 g/mol. The van der Waals surface area contributed by atoms with E-state index in [0.29, 0.717) is 25.1 Å². The zero-order valence-corrected chi connectivity index (χ0v) is 19.1. The number of ether oxygens (including phenoxy) is 3. The summed E-state index contributed by atoms with van der Waals surface area (Å²) in [6.45, 7) is 5.96. The summed E-state index contributed by atoms with van der Waals surface area (Å²) in [6, 6.07) is 9.96. The first kappa shape index (κ1) is 21.5. The van der Waals surface area contributed by atoms with E-state index in [2.05, 4.69) is 32.3 Å². The van der Waals surface area contributed by atoms with E-state index in [0.717, 1.165) is 72.4 Å². The van der Waals surface area contributed by atoms with E-state index in [1.54, 1.807) is 19.5 Å². The van der Waals surface area contributed by atoms with Crippen molar-refractivity contribution in [3.63, 3.8) is 0 Å². The number of anilines is 2. The van der Waals surface area contributed by atoms with Crippen LogP contribution in [0.1, 0.15) is 35.7 Å². The molecule has 2 aliphatic rings. The molecule has 2 aliphatic heterocycles. The lowest BCUT2D eigenvalue weighted by molar-refractivity contribution is 0.168. The number of rotatable bonds is 6. The molecule has 8 heteroatoms. The predicted octanol–water partition coefficient (Wildman–Crippen LogP) is 4.08. The van der Waals surface area contributed by atoms with Crippen molar-refractivity contribution in [2.45, 2.75) is 32.2 Å². The van der Waals surface area contributed by atoms with E-state index in [-0.39, 0.29) is 0 Å². The van der Waals surface area contributed by atoms with Gasteiger partial charge in [-0.05, 0) is 50.6 Å². The monoisotopic (exact) mass is 447 g/mol. The highest BCUT2D eigenvalue weighted by Gasteiger charge is 2.25. The average Bonchev–Trinajstić information content (AvgIpc) is 2.84. The van der Waals surface area contributed by atoms with Crippen LogP contribution < -0.4 is 19.5 Å². The van der Waals surface area contributed by atoms with E-state index in [1.807, 2.05) is 25.1 Å². The zero-order chi connectivity index (χ0) is 22.6. The van der Waals surface area contributed by atoms with Crippen LogP contribution in [0.5, 0.6) is 17.2 Å². The van der Waals surface area contributed by atoms with Gasteiger partial charge in [0.05, 0.1) is 7.11 Å². The van der Waals surface area contributed by atoms with Crippen molar-refractivity contribution in [1.82, 2.24) is 19.9 Å². The molecule has 3 aromatic rings. The van der Waals surface area contributed by atoms with Gasteiger partial charge < -0.3 is 19.5 Å². The molecule has 2 aromatic heterocycles. The van der Waals surface area contributed by atoms with Gasteiger partial charge in [-0.15, -0.1) is 0 Å². The third-order valence-corrected chi connectivity index (χ3v) is 6.06.